The fraction of sp³-hybridized carbons (Fsp3) is 0.444. The lowest BCUT2D eigenvalue weighted by molar-refractivity contribution is 1.07. The summed E-state index contributed by atoms with van der Waals surface area (Å²) in [5, 5.41) is 0. The Labute approximate surface area is 63.6 Å². The van der Waals surface area contributed by atoms with Crippen LogP contribution < -0.4 is 0 Å². The Morgan fingerprint density at radius 2 is 1.80 bits per heavy atom. The molecule has 0 fully saturated rings. The summed E-state index contributed by atoms with van der Waals surface area (Å²) >= 11 is 0. The highest BCUT2D eigenvalue weighted by Crippen LogP contribution is 2.10. The van der Waals surface area contributed by atoms with E-state index in [1.54, 1.807) is 0 Å². The van der Waals surface area contributed by atoms with E-state index in [2.05, 4.69) is 31.8 Å². The molecule has 0 atom stereocenters. The van der Waals surface area contributed by atoms with Gasteiger partial charge in [0, 0.05) is 12.8 Å². The second-order valence-electron chi connectivity index (χ2n) is 2.79. The molecule has 1 heterocycles. The van der Waals surface area contributed by atoms with E-state index in [1.165, 1.54) is 11.1 Å². The molecule has 0 aromatic carbocycles. The van der Waals surface area contributed by atoms with Crippen LogP contribution in [-0.2, 0) is 0 Å². The van der Waals surface area contributed by atoms with Crippen LogP contribution in [0.3, 0.4) is 0 Å². The van der Waals surface area contributed by atoms with Crippen LogP contribution in [0.1, 0.15) is 23.9 Å². The predicted octanol–water partition coefficient (Wildman–Crippen LogP) is 2.56. The molecule has 1 rings (SSSR count). The van der Waals surface area contributed by atoms with Gasteiger partial charge in [0.25, 0.3) is 0 Å². The normalized spacial score (nSPS) is 10.0. The van der Waals surface area contributed by atoms with Gasteiger partial charge in [0.1, 0.15) is 0 Å². The zero-order chi connectivity index (χ0) is 7.72. The molecule has 0 bridgehead atoms. The zero-order valence-electron chi connectivity index (χ0n) is 7.02. The first-order chi connectivity index (χ1) is 4.61. The van der Waals surface area contributed by atoms with Crippen molar-refractivity contribution in [2.45, 2.75) is 27.7 Å². The second kappa shape index (κ2) is 2.41. The molecule has 0 aliphatic heterocycles. The summed E-state index contributed by atoms with van der Waals surface area (Å²) in [6.45, 7) is 8.31. The van der Waals surface area contributed by atoms with Crippen LogP contribution in [0, 0.1) is 27.7 Å². The predicted molar refractivity (Wildman–Crippen MR) is 45.3 cm³/mol. The average molecular weight is 138 g/mol. The standard InChI is InChI=1S/C9H13N.H2/c1-6-5-7(2)10-9(4)8(6)3;/h5H,1-4H3;1H/i;1+1. The van der Waals surface area contributed by atoms with Gasteiger partial charge < -0.3 is 0 Å². The molecule has 0 saturated carbocycles. The highest BCUT2D eigenvalue weighted by Gasteiger charge is 1.97. The molecule has 0 amide bonds. The lowest BCUT2D eigenvalue weighted by Gasteiger charge is -2.03. The van der Waals surface area contributed by atoms with E-state index < -0.39 is 0 Å². The minimum absolute atomic E-state index is 0. The van der Waals surface area contributed by atoms with Crippen molar-refractivity contribution >= 4 is 0 Å². The monoisotopic (exact) mass is 138 g/mol. The van der Waals surface area contributed by atoms with Crippen LogP contribution in [0.25, 0.3) is 0 Å². The molecule has 0 N–H and O–H groups in total. The van der Waals surface area contributed by atoms with Crippen LogP contribution in [0.15, 0.2) is 6.07 Å². The van der Waals surface area contributed by atoms with Crippen LogP contribution in [0.4, 0.5) is 0 Å². The topological polar surface area (TPSA) is 12.9 Å². The minimum Gasteiger partial charge on any atom is -0.258 e. The molecular formula is C9H15N. The van der Waals surface area contributed by atoms with Crippen molar-refractivity contribution in [3.05, 3.63) is 28.6 Å². The highest BCUT2D eigenvalue weighted by molar-refractivity contribution is 5.29. The molecule has 0 unspecified atom stereocenters. The number of pyridine rings is 1. The summed E-state index contributed by atoms with van der Waals surface area (Å²) in [4.78, 5) is 4.33. The van der Waals surface area contributed by atoms with E-state index in [9.17, 15) is 0 Å². The van der Waals surface area contributed by atoms with Gasteiger partial charge in [-0.25, -0.2) is 0 Å². The third kappa shape index (κ3) is 1.18. The molecule has 0 radical (unpaired) electrons. The highest BCUT2D eigenvalue weighted by atomic mass is 14.7. The maximum absolute atomic E-state index is 4.33. The first-order valence-corrected chi connectivity index (χ1v) is 3.52. The van der Waals surface area contributed by atoms with Crippen molar-refractivity contribution in [2.24, 2.45) is 0 Å². The van der Waals surface area contributed by atoms with Crippen molar-refractivity contribution < 1.29 is 1.43 Å². The molecular weight excluding hydrogens is 122 g/mol. The van der Waals surface area contributed by atoms with Crippen molar-refractivity contribution in [1.29, 1.82) is 0 Å². The minimum atomic E-state index is 0. The van der Waals surface area contributed by atoms with Crippen molar-refractivity contribution in [3.63, 3.8) is 0 Å². The maximum Gasteiger partial charge on any atom is 0.0407 e. The van der Waals surface area contributed by atoms with E-state index in [0.29, 0.717) is 0 Å². The van der Waals surface area contributed by atoms with Gasteiger partial charge >= 0.3 is 0 Å². The smallest absolute Gasteiger partial charge is 0.0407 e. The lowest BCUT2D eigenvalue weighted by Crippen LogP contribution is -1.92. The van der Waals surface area contributed by atoms with Gasteiger partial charge in [0.05, 0.1) is 0 Å². The summed E-state index contributed by atoms with van der Waals surface area (Å²) in [6, 6.07) is 2.11. The fourth-order valence-electron chi connectivity index (χ4n) is 1.09. The number of hydrogen-bond donors (Lipinski definition) is 0. The zero-order valence-corrected chi connectivity index (χ0v) is 7.02. The molecule has 1 aromatic rings. The largest absolute Gasteiger partial charge is 0.258 e. The molecule has 0 aliphatic carbocycles. The Morgan fingerprint density at radius 3 is 2.30 bits per heavy atom. The summed E-state index contributed by atoms with van der Waals surface area (Å²) in [6.07, 6.45) is 0. The molecule has 10 heavy (non-hydrogen) atoms. The molecule has 1 heteroatoms. The molecule has 0 spiro atoms. The van der Waals surface area contributed by atoms with Gasteiger partial charge in [-0.15, -0.1) is 0 Å². The Hall–Kier alpha value is -0.850. The molecule has 56 valence electrons. The van der Waals surface area contributed by atoms with Gasteiger partial charge in [-0.1, -0.05) is 0 Å². The quantitative estimate of drug-likeness (QED) is 0.537. The number of aromatic nitrogens is 1. The van der Waals surface area contributed by atoms with Crippen LogP contribution in [0.2, 0.25) is 0 Å². The van der Waals surface area contributed by atoms with Crippen LogP contribution in [-0.4, -0.2) is 4.98 Å². The Balaban J connectivity index is 0.000001000. The van der Waals surface area contributed by atoms with Crippen molar-refractivity contribution in [1.82, 2.24) is 4.98 Å². The Kier molecular flexibility index (Phi) is 1.75. The number of aryl methyl sites for hydroxylation is 3. The number of rotatable bonds is 0. The van der Waals surface area contributed by atoms with Crippen LogP contribution >= 0.6 is 0 Å². The fourth-order valence-corrected chi connectivity index (χ4v) is 1.09. The third-order valence-corrected chi connectivity index (χ3v) is 1.90. The molecule has 0 saturated heterocycles. The lowest BCUT2D eigenvalue weighted by atomic mass is 10.1. The third-order valence-electron chi connectivity index (χ3n) is 1.90. The van der Waals surface area contributed by atoms with Gasteiger partial charge in [0.15, 0.2) is 0 Å². The van der Waals surface area contributed by atoms with Crippen molar-refractivity contribution in [3.8, 4) is 0 Å². The van der Waals surface area contributed by atoms with E-state index >= 15 is 0 Å². The molecule has 1 nitrogen and oxygen atoms in total. The molecule has 1 aromatic heterocycles. The molecule has 0 aliphatic rings. The SMILES string of the molecule is Cc1cc(C)c(C)c(C)n1.[2HH]. The Morgan fingerprint density at radius 1 is 1.20 bits per heavy atom. The number of hydrogen-bond acceptors (Lipinski definition) is 1. The van der Waals surface area contributed by atoms with E-state index in [-0.39, 0.29) is 1.43 Å². The summed E-state index contributed by atoms with van der Waals surface area (Å²) in [5.41, 5.74) is 4.91. The number of nitrogens with zero attached hydrogens (tertiary/aromatic N) is 1. The second-order valence-corrected chi connectivity index (χ2v) is 2.79. The first-order valence-electron chi connectivity index (χ1n) is 3.52. The first kappa shape index (κ1) is 7.26. The van der Waals surface area contributed by atoms with Gasteiger partial charge in [0.2, 0.25) is 0 Å². The van der Waals surface area contributed by atoms with Crippen molar-refractivity contribution in [2.75, 3.05) is 0 Å². The summed E-state index contributed by atoms with van der Waals surface area (Å²) in [5.74, 6) is 0. The average Bonchev–Trinajstić information content (AvgIpc) is 1.82. The summed E-state index contributed by atoms with van der Waals surface area (Å²) < 4.78 is 0. The van der Waals surface area contributed by atoms with E-state index in [4.69, 9.17) is 0 Å². The van der Waals surface area contributed by atoms with Gasteiger partial charge in [-0.2, -0.15) is 0 Å². The van der Waals surface area contributed by atoms with Gasteiger partial charge in [-0.3, -0.25) is 4.98 Å². The maximum atomic E-state index is 4.33. The van der Waals surface area contributed by atoms with E-state index in [1.807, 2.05) is 6.92 Å². The van der Waals surface area contributed by atoms with E-state index in [0.717, 1.165) is 11.4 Å². The summed E-state index contributed by atoms with van der Waals surface area (Å²) in [7, 11) is 0. The van der Waals surface area contributed by atoms with Crippen LogP contribution in [0.5, 0.6) is 0 Å². The van der Waals surface area contributed by atoms with Gasteiger partial charge in [-0.05, 0) is 44.9 Å². The Bertz CT molecular complexity index is 233.